The Bertz CT molecular complexity index is 1310. The molecule has 184 valence electrons. The van der Waals surface area contributed by atoms with E-state index in [0.717, 1.165) is 61.6 Å². The molecule has 0 saturated carbocycles. The third-order valence-corrected chi connectivity index (χ3v) is 6.72. The van der Waals surface area contributed by atoms with Crippen molar-refractivity contribution in [3.05, 3.63) is 89.5 Å². The van der Waals surface area contributed by atoms with Crippen molar-refractivity contribution in [1.29, 1.82) is 0 Å². The number of hydrogen-bond donors (Lipinski definition) is 1. The molecule has 2 heterocycles. The summed E-state index contributed by atoms with van der Waals surface area (Å²) < 4.78 is 5.88. The molecule has 7 heteroatoms. The van der Waals surface area contributed by atoms with Crippen molar-refractivity contribution in [3.8, 4) is 22.9 Å². The highest BCUT2D eigenvalue weighted by Crippen LogP contribution is 2.26. The van der Waals surface area contributed by atoms with E-state index < -0.39 is 0 Å². The molecule has 4 aromatic rings. The molecule has 36 heavy (non-hydrogen) atoms. The SMILES string of the molecule is CCN1CCN(Cc2ccc(NC(=O)c3ccc(-c4nnc(-c5ccccc5C)o4)cc3)cc2)CC1. The lowest BCUT2D eigenvalue weighted by Gasteiger charge is -2.34. The molecule has 5 rings (SSSR count). The van der Waals surface area contributed by atoms with Crippen molar-refractivity contribution in [3.63, 3.8) is 0 Å². The van der Waals surface area contributed by atoms with Crippen LogP contribution >= 0.6 is 0 Å². The van der Waals surface area contributed by atoms with Crippen molar-refractivity contribution in [1.82, 2.24) is 20.0 Å². The minimum absolute atomic E-state index is 0.156. The van der Waals surface area contributed by atoms with Crippen molar-refractivity contribution < 1.29 is 9.21 Å². The van der Waals surface area contributed by atoms with E-state index in [1.807, 2.05) is 55.5 Å². The second kappa shape index (κ2) is 10.8. The Labute approximate surface area is 211 Å². The van der Waals surface area contributed by atoms with Gasteiger partial charge in [0.15, 0.2) is 0 Å². The van der Waals surface area contributed by atoms with Gasteiger partial charge in [0.2, 0.25) is 11.8 Å². The van der Waals surface area contributed by atoms with Crippen LogP contribution in [0.3, 0.4) is 0 Å². The van der Waals surface area contributed by atoms with Gasteiger partial charge in [0.1, 0.15) is 0 Å². The van der Waals surface area contributed by atoms with E-state index in [-0.39, 0.29) is 5.91 Å². The highest BCUT2D eigenvalue weighted by molar-refractivity contribution is 6.04. The van der Waals surface area contributed by atoms with Gasteiger partial charge >= 0.3 is 0 Å². The Morgan fingerprint density at radius 1 is 0.861 bits per heavy atom. The average Bonchev–Trinajstić information content (AvgIpc) is 3.41. The number of likely N-dealkylation sites (N-methyl/N-ethyl adjacent to an activating group) is 1. The van der Waals surface area contributed by atoms with Gasteiger partial charge in [-0.2, -0.15) is 0 Å². The van der Waals surface area contributed by atoms with Crippen molar-refractivity contribution >= 4 is 11.6 Å². The van der Waals surface area contributed by atoms with Gasteiger partial charge in [0.05, 0.1) is 0 Å². The Hall–Kier alpha value is -3.81. The first-order chi connectivity index (χ1) is 17.6. The molecule has 1 aliphatic rings. The van der Waals surface area contributed by atoms with E-state index in [9.17, 15) is 4.79 Å². The quantitative estimate of drug-likeness (QED) is 0.396. The number of amides is 1. The molecule has 3 aromatic carbocycles. The molecule has 1 amide bonds. The Morgan fingerprint density at radius 2 is 1.53 bits per heavy atom. The number of rotatable bonds is 7. The summed E-state index contributed by atoms with van der Waals surface area (Å²) in [6.07, 6.45) is 0. The first kappa shape index (κ1) is 23.9. The molecule has 0 bridgehead atoms. The fourth-order valence-corrected chi connectivity index (χ4v) is 4.44. The fraction of sp³-hybridized carbons (Fsp3) is 0.276. The van der Waals surface area contributed by atoms with Gasteiger partial charge in [-0.15, -0.1) is 10.2 Å². The monoisotopic (exact) mass is 481 g/mol. The van der Waals surface area contributed by atoms with Gasteiger partial charge in [-0.1, -0.05) is 37.3 Å². The minimum Gasteiger partial charge on any atom is -0.416 e. The van der Waals surface area contributed by atoms with Gasteiger partial charge < -0.3 is 14.6 Å². The van der Waals surface area contributed by atoms with Gasteiger partial charge in [-0.05, 0) is 67.1 Å². The number of hydrogen-bond acceptors (Lipinski definition) is 6. The molecule has 0 aliphatic carbocycles. The van der Waals surface area contributed by atoms with Crippen LogP contribution < -0.4 is 5.32 Å². The molecule has 1 N–H and O–H groups in total. The predicted octanol–water partition coefficient (Wildman–Crippen LogP) is 5.10. The maximum absolute atomic E-state index is 12.8. The summed E-state index contributed by atoms with van der Waals surface area (Å²) in [6, 6.07) is 23.2. The minimum atomic E-state index is -0.156. The molecule has 1 aliphatic heterocycles. The van der Waals surface area contributed by atoms with Crippen LogP contribution in [-0.4, -0.2) is 58.6 Å². The lowest BCUT2D eigenvalue weighted by molar-refractivity contribution is 0.102. The number of nitrogens with zero attached hydrogens (tertiary/aromatic N) is 4. The molecule has 1 saturated heterocycles. The molecule has 1 fully saturated rings. The predicted molar refractivity (Wildman–Crippen MR) is 142 cm³/mol. The third-order valence-electron chi connectivity index (χ3n) is 6.72. The third kappa shape index (κ3) is 5.53. The molecule has 0 spiro atoms. The second-order valence-corrected chi connectivity index (χ2v) is 9.17. The Balaban J connectivity index is 1.18. The van der Waals surface area contributed by atoms with Gasteiger partial charge in [0, 0.05) is 55.1 Å². The van der Waals surface area contributed by atoms with Crippen LogP contribution in [0.5, 0.6) is 0 Å². The van der Waals surface area contributed by atoms with Crippen molar-refractivity contribution in [2.24, 2.45) is 0 Å². The zero-order valence-electron chi connectivity index (χ0n) is 20.8. The van der Waals surface area contributed by atoms with E-state index in [4.69, 9.17) is 4.42 Å². The molecule has 0 unspecified atom stereocenters. The highest BCUT2D eigenvalue weighted by atomic mass is 16.4. The maximum atomic E-state index is 12.8. The van der Waals surface area contributed by atoms with Crippen LogP contribution in [0.1, 0.15) is 28.4 Å². The first-order valence-corrected chi connectivity index (χ1v) is 12.4. The number of benzene rings is 3. The normalized spacial score (nSPS) is 14.6. The lowest BCUT2D eigenvalue weighted by atomic mass is 10.1. The summed E-state index contributed by atoms with van der Waals surface area (Å²) in [6.45, 7) is 10.7. The van der Waals surface area contributed by atoms with Crippen LogP contribution in [-0.2, 0) is 6.54 Å². The highest BCUT2D eigenvalue weighted by Gasteiger charge is 2.16. The Morgan fingerprint density at radius 3 is 2.22 bits per heavy atom. The lowest BCUT2D eigenvalue weighted by Crippen LogP contribution is -2.45. The van der Waals surface area contributed by atoms with Crippen LogP contribution in [0, 0.1) is 6.92 Å². The van der Waals surface area contributed by atoms with E-state index in [1.54, 1.807) is 12.1 Å². The zero-order valence-corrected chi connectivity index (χ0v) is 20.8. The van der Waals surface area contributed by atoms with Gasteiger partial charge in [-0.25, -0.2) is 0 Å². The molecular weight excluding hydrogens is 450 g/mol. The number of anilines is 1. The number of nitrogens with one attached hydrogen (secondary N) is 1. The average molecular weight is 482 g/mol. The molecule has 7 nitrogen and oxygen atoms in total. The summed E-state index contributed by atoms with van der Waals surface area (Å²) >= 11 is 0. The van der Waals surface area contributed by atoms with E-state index in [1.165, 1.54) is 5.56 Å². The summed E-state index contributed by atoms with van der Waals surface area (Å²) in [5.41, 5.74) is 5.36. The first-order valence-electron chi connectivity index (χ1n) is 12.4. The topological polar surface area (TPSA) is 74.5 Å². The maximum Gasteiger partial charge on any atom is 0.255 e. The van der Waals surface area contributed by atoms with E-state index >= 15 is 0 Å². The largest absolute Gasteiger partial charge is 0.416 e. The molecule has 0 atom stereocenters. The summed E-state index contributed by atoms with van der Waals surface area (Å²) in [5, 5.41) is 11.4. The van der Waals surface area contributed by atoms with E-state index in [0.29, 0.717) is 17.3 Å². The standard InChI is InChI=1S/C29H31N5O2/c1-3-33-16-18-34(19-17-33)20-22-8-14-25(15-9-22)30-27(35)23-10-12-24(13-11-23)28-31-32-29(36-28)26-7-5-4-6-21(26)2/h4-15H,3,16-20H2,1-2H3,(H,30,35). The van der Waals surface area contributed by atoms with Gasteiger partial charge in [0.25, 0.3) is 5.91 Å². The molecular formula is C29H31N5O2. The van der Waals surface area contributed by atoms with Crippen molar-refractivity contribution in [2.45, 2.75) is 20.4 Å². The molecule has 1 aromatic heterocycles. The Kier molecular flexibility index (Phi) is 7.21. The smallest absolute Gasteiger partial charge is 0.255 e. The van der Waals surface area contributed by atoms with Crippen LogP contribution in [0.4, 0.5) is 5.69 Å². The molecule has 0 radical (unpaired) electrons. The fourth-order valence-electron chi connectivity index (χ4n) is 4.44. The van der Waals surface area contributed by atoms with E-state index in [2.05, 4.69) is 44.4 Å². The summed E-state index contributed by atoms with van der Waals surface area (Å²) in [4.78, 5) is 17.7. The zero-order chi connectivity index (χ0) is 24.9. The van der Waals surface area contributed by atoms with Crippen LogP contribution in [0.25, 0.3) is 22.9 Å². The number of aromatic nitrogens is 2. The number of aryl methyl sites for hydroxylation is 1. The number of piperazine rings is 1. The number of carbonyl (C=O) groups excluding carboxylic acids is 1. The van der Waals surface area contributed by atoms with Crippen LogP contribution in [0.2, 0.25) is 0 Å². The summed E-state index contributed by atoms with van der Waals surface area (Å²) in [7, 11) is 0. The second-order valence-electron chi connectivity index (χ2n) is 9.17. The van der Waals surface area contributed by atoms with Crippen molar-refractivity contribution in [2.75, 3.05) is 38.0 Å². The number of carbonyl (C=O) groups is 1. The van der Waals surface area contributed by atoms with Gasteiger partial charge in [-0.3, -0.25) is 9.69 Å². The summed E-state index contributed by atoms with van der Waals surface area (Å²) in [5.74, 6) is 0.750. The van der Waals surface area contributed by atoms with Crippen LogP contribution in [0.15, 0.2) is 77.2 Å².